The zero-order valence-corrected chi connectivity index (χ0v) is 13.7. The Morgan fingerprint density at radius 2 is 1.92 bits per heavy atom. The van der Waals surface area contributed by atoms with Gasteiger partial charge in [0, 0.05) is 5.69 Å². The molecule has 0 radical (unpaired) electrons. The number of benzene rings is 2. The normalized spacial score (nSPS) is 11.5. The number of carbonyl (C=O) groups is 2. The minimum atomic E-state index is -0.596. The molecule has 0 aliphatic carbocycles. The van der Waals surface area contributed by atoms with Crippen molar-refractivity contribution in [1.82, 2.24) is 5.32 Å². The molecule has 126 valence electrons. The standard InChI is InChI=1S/C17H17ClN2O4/c1-24-16(22)13-9-12(7-8-14(13)18)19-17(23)20-15(10-21)11-5-3-2-4-6-11/h2-9,15,21H,10H2,1H3,(H2,19,20,23)/t15-/m1/s1. The van der Waals surface area contributed by atoms with E-state index in [4.69, 9.17) is 11.6 Å². The number of hydrogen-bond donors (Lipinski definition) is 3. The van der Waals surface area contributed by atoms with Gasteiger partial charge in [-0.15, -0.1) is 0 Å². The van der Waals surface area contributed by atoms with Gasteiger partial charge in [0.05, 0.1) is 30.3 Å². The maximum Gasteiger partial charge on any atom is 0.339 e. The first-order chi connectivity index (χ1) is 11.5. The maximum atomic E-state index is 12.1. The number of amides is 2. The second-order valence-electron chi connectivity index (χ2n) is 4.93. The molecule has 7 heteroatoms. The molecule has 0 bridgehead atoms. The SMILES string of the molecule is COC(=O)c1cc(NC(=O)N[C@H](CO)c2ccccc2)ccc1Cl. The second kappa shape index (κ2) is 8.33. The van der Waals surface area contributed by atoms with Crippen molar-refractivity contribution in [2.24, 2.45) is 0 Å². The molecule has 24 heavy (non-hydrogen) atoms. The van der Waals surface area contributed by atoms with Gasteiger partial charge in [-0.3, -0.25) is 0 Å². The highest BCUT2D eigenvalue weighted by atomic mass is 35.5. The third-order valence-electron chi connectivity index (χ3n) is 3.32. The quantitative estimate of drug-likeness (QED) is 0.725. The smallest absolute Gasteiger partial charge is 0.339 e. The molecule has 3 N–H and O–H groups in total. The van der Waals surface area contributed by atoms with Crippen LogP contribution in [0.15, 0.2) is 48.5 Å². The summed E-state index contributed by atoms with van der Waals surface area (Å²) in [6.45, 7) is -0.245. The van der Waals surface area contributed by atoms with Crippen LogP contribution in [-0.2, 0) is 4.74 Å². The van der Waals surface area contributed by atoms with E-state index in [1.165, 1.54) is 19.2 Å². The molecule has 0 aliphatic rings. The monoisotopic (exact) mass is 348 g/mol. The Hall–Kier alpha value is -2.57. The molecule has 2 aromatic carbocycles. The third-order valence-corrected chi connectivity index (χ3v) is 3.65. The van der Waals surface area contributed by atoms with Gasteiger partial charge in [-0.1, -0.05) is 41.9 Å². The van der Waals surface area contributed by atoms with Gasteiger partial charge < -0.3 is 20.5 Å². The van der Waals surface area contributed by atoms with E-state index in [0.29, 0.717) is 5.69 Å². The summed E-state index contributed by atoms with van der Waals surface area (Å²) in [5.74, 6) is -0.596. The maximum absolute atomic E-state index is 12.1. The lowest BCUT2D eigenvalue weighted by atomic mass is 10.1. The highest BCUT2D eigenvalue weighted by molar-refractivity contribution is 6.33. The van der Waals surface area contributed by atoms with Crippen molar-refractivity contribution in [1.29, 1.82) is 0 Å². The van der Waals surface area contributed by atoms with Gasteiger partial charge in [0.15, 0.2) is 0 Å². The molecule has 0 unspecified atom stereocenters. The lowest BCUT2D eigenvalue weighted by Crippen LogP contribution is -2.34. The fourth-order valence-electron chi connectivity index (χ4n) is 2.11. The van der Waals surface area contributed by atoms with E-state index >= 15 is 0 Å². The molecule has 1 atom stereocenters. The van der Waals surface area contributed by atoms with Gasteiger partial charge in [0.2, 0.25) is 0 Å². The number of esters is 1. The van der Waals surface area contributed by atoms with Crippen LogP contribution in [0, 0.1) is 0 Å². The zero-order chi connectivity index (χ0) is 17.5. The highest BCUT2D eigenvalue weighted by Gasteiger charge is 2.15. The van der Waals surface area contributed by atoms with Crippen molar-refractivity contribution in [2.75, 3.05) is 19.0 Å². The summed E-state index contributed by atoms with van der Waals surface area (Å²) in [7, 11) is 1.25. The number of methoxy groups -OCH3 is 1. The molecule has 0 aromatic heterocycles. The van der Waals surface area contributed by atoms with Crippen LogP contribution in [0.1, 0.15) is 22.0 Å². The molecule has 2 amide bonds. The van der Waals surface area contributed by atoms with Crippen molar-refractivity contribution < 1.29 is 19.4 Å². The summed E-state index contributed by atoms with van der Waals surface area (Å²) in [5, 5.41) is 14.9. The minimum Gasteiger partial charge on any atom is -0.465 e. The van der Waals surface area contributed by atoms with E-state index in [1.54, 1.807) is 18.2 Å². The topological polar surface area (TPSA) is 87.7 Å². The molecule has 0 saturated carbocycles. The number of carbonyl (C=O) groups excluding carboxylic acids is 2. The number of ether oxygens (including phenoxy) is 1. The van der Waals surface area contributed by atoms with Crippen LogP contribution in [0.2, 0.25) is 5.02 Å². The molecule has 0 saturated heterocycles. The average Bonchev–Trinajstić information content (AvgIpc) is 2.61. The van der Waals surface area contributed by atoms with Crippen LogP contribution in [-0.4, -0.2) is 30.8 Å². The predicted molar refractivity (Wildman–Crippen MR) is 91.2 cm³/mol. The van der Waals surface area contributed by atoms with Crippen molar-refractivity contribution in [2.45, 2.75) is 6.04 Å². The van der Waals surface area contributed by atoms with Crippen LogP contribution < -0.4 is 10.6 Å². The Bertz CT molecular complexity index is 722. The number of hydrogen-bond acceptors (Lipinski definition) is 4. The molecule has 0 fully saturated rings. The molecule has 6 nitrogen and oxygen atoms in total. The Kier molecular flexibility index (Phi) is 6.17. The largest absolute Gasteiger partial charge is 0.465 e. The number of rotatable bonds is 5. The van der Waals surface area contributed by atoms with Gasteiger partial charge in [-0.25, -0.2) is 9.59 Å². The summed E-state index contributed by atoms with van der Waals surface area (Å²) in [5.41, 5.74) is 1.31. The Morgan fingerprint density at radius 1 is 1.21 bits per heavy atom. The zero-order valence-electron chi connectivity index (χ0n) is 13.0. The number of nitrogens with one attached hydrogen (secondary N) is 2. The molecule has 0 heterocycles. The van der Waals surface area contributed by atoms with Crippen molar-refractivity contribution in [3.63, 3.8) is 0 Å². The number of urea groups is 1. The minimum absolute atomic E-state index is 0.152. The molecule has 0 spiro atoms. The van der Waals surface area contributed by atoms with Crippen LogP contribution in [0.5, 0.6) is 0 Å². The summed E-state index contributed by atoms with van der Waals surface area (Å²) in [4.78, 5) is 23.7. The number of aliphatic hydroxyl groups excluding tert-OH is 1. The van der Waals surface area contributed by atoms with E-state index in [2.05, 4.69) is 15.4 Å². The summed E-state index contributed by atoms with van der Waals surface area (Å²) in [6.07, 6.45) is 0. The third kappa shape index (κ3) is 4.47. The van der Waals surface area contributed by atoms with Gasteiger partial charge >= 0.3 is 12.0 Å². The van der Waals surface area contributed by atoms with Crippen molar-refractivity contribution in [3.05, 3.63) is 64.7 Å². The van der Waals surface area contributed by atoms with Crippen molar-refractivity contribution >= 4 is 29.3 Å². The van der Waals surface area contributed by atoms with Crippen LogP contribution >= 0.6 is 11.6 Å². The number of aliphatic hydroxyl groups is 1. The van der Waals surface area contributed by atoms with E-state index in [0.717, 1.165) is 5.56 Å². The number of halogens is 1. The summed E-state index contributed by atoms with van der Waals surface area (Å²) in [6, 6.07) is 12.5. The van der Waals surface area contributed by atoms with Gasteiger partial charge in [-0.2, -0.15) is 0 Å². The lowest BCUT2D eigenvalue weighted by molar-refractivity contribution is 0.0601. The van der Waals surface area contributed by atoms with E-state index in [1.807, 2.05) is 18.2 Å². The first-order valence-corrected chi connectivity index (χ1v) is 7.54. The molecular formula is C17H17ClN2O4. The fraction of sp³-hybridized carbons (Fsp3) is 0.176. The second-order valence-corrected chi connectivity index (χ2v) is 5.34. The Balaban J connectivity index is 2.08. The first kappa shape index (κ1) is 17.8. The van der Waals surface area contributed by atoms with Crippen LogP contribution in [0.4, 0.5) is 10.5 Å². The van der Waals surface area contributed by atoms with E-state index < -0.39 is 18.0 Å². The number of anilines is 1. The Labute approximate surface area is 144 Å². The van der Waals surface area contributed by atoms with Crippen molar-refractivity contribution in [3.8, 4) is 0 Å². The van der Waals surface area contributed by atoms with Gasteiger partial charge in [-0.05, 0) is 23.8 Å². The Morgan fingerprint density at radius 3 is 2.54 bits per heavy atom. The van der Waals surface area contributed by atoms with E-state index in [-0.39, 0.29) is 17.2 Å². The van der Waals surface area contributed by atoms with Gasteiger partial charge in [0.1, 0.15) is 0 Å². The average molecular weight is 349 g/mol. The first-order valence-electron chi connectivity index (χ1n) is 7.16. The van der Waals surface area contributed by atoms with Crippen LogP contribution in [0.25, 0.3) is 0 Å². The summed E-state index contributed by atoms with van der Waals surface area (Å²) >= 11 is 5.93. The summed E-state index contributed by atoms with van der Waals surface area (Å²) < 4.78 is 4.63. The van der Waals surface area contributed by atoms with Crippen LogP contribution in [0.3, 0.4) is 0 Å². The predicted octanol–water partition coefficient (Wildman–Crippen LogP) is 2.98. The van der Waals surface area contributed by atoms with Gasteiger partial charge in [0.25, 0.3) is 0 Å². The lowest BCUT2D eigenvalue weighted by Gasteiger charge is -2.17. The molecule has 2 aromatic rings. The fourth-order valence-corrected chi connectivity index (χ4v) is 2.31. The molecular weight excluding hydrogens is 332 g/mol. The highest BCUT2D eigenvalue weighted by Crippen LogP contribution is 2.21. The molecule has 0 aliphatic heterocycles. The molecule has 2 rings (SSSR count). The van der Waals surface area contributed by atoms with E-state index in [9.17, 15) is 14.7 Å².